The molecule has 0 spiro atoms. The van der Waals surface area contributed by atoms with Gasteiger partial charge in [0.1, 0.15) is 0 Å². The zero-order valence-electron chi connectivity index (χ0n) is 15.4. The van der Waals surface area contributed by atoms with Gasteiger partial charge in [0.2, 0.25) is 20.0 Å². The van der Waals surface area contributed by atoms with Crippen LogP contribution in [0.3, 0.4) is 0 Å². The summed E-state index contributed by atoms with van der Waals surface area (Å²) in [4.78, 5) is -0.0296. The second kappa shape index (κ2) is 8.53. The van der Waals surface area contributed by atoms with Gasteiger partial charge in [0.15, 0.2) is 0 Å². The zero-order chi connectivity index (χ0) is 18.9. The van der Waals surface area contributed by atoms with Crippen LogP contribution < -0.4 is 10.5 Å². The van der Waals surface area contributed by atoms with E-state index >= 15 is 0 Å². The average molecular weight is 426 g/mol. The van der Waals surface area contributed by atoms with Crippen LogP contribution >= 0.6 is 12.4 Å². The van der Waals surface area contributed by atoms with Gasteiger partial charge in [-0.25, -0.2) is 21.6 Å². The van der Waals surface area contributed by atoms with Crippen molar-refractivity contribution in [3.05, 3.63) is 23.8 Å². The minimum absolute atomic E-state index is 0. The molecule has 1 aromatic rings. The Bertz CT molecular complexity index is 833. The molecule has 10 heteroatoms. The van der Waals surface area contributed by atoms with Gasteiger partial charge in [-0.15, -0.1) is 12.4 Å². The number of halogens is 1. The van der Waals surface area contributed by atoms with Crippen molar-refractivity contribution < 1.29 is 16.8 Å². The van der Waals surface area contributed by atoms with Gasteiger partial charge in [-0.05, 0) is 51.3 Å². The highest BCUT2D eigenvalue weighted by Crippen LogP contribution is 2.26. The maximum absolute atomic E-state index is 12.9. The molecule has 0 aliphatic carbocycles. The van der Waals surface area contributed by atoms with Gasteiger partial charge in [0.05, 0.1) is 9.79 Å². The first-order chi connectivity index (χ1) is 11.5. The van der Waals surface area contributed by atoms with Crippen molar-refractivity contribution in [1.29, 1.82) is 0 Å². The van der Waals surface area contributed by atoms with E-state index in [1.807, 2.05) is 0 Å². The van der Waals surface area contributed by atoms with Crippen molar-refractivity contribution >= 4 is 32.5 Å². The third-order valence-electron chi connectivity index (χ3n) is 4.32. The first-order valence-electron chi connectivity index (χ1n) is 8.34. The Morgan fingerprint density at radius 3 is 2.23 bits per heavy atom. The van der Waals surface area contributed by atoms with E-state index in [1.165, 1.54) is 22.5 Å². The third kappa shape index (κ3) is 5.17. The Kier molecular flexibility index (Phi) is 7.66. The van der Waals surface area contributed by atoms with E-state index in [2.05, 4.69) is 4.72 Å². The van der Waals surface area contributed by atoms with Crippen LogP contribution in [0.15, 0.2) is 28.0 Å². The fourth-order valence-corrected chi connectivity index (χ4v) is 6.03. The van der Waals surface area contributed by atoms with Crippen LogP contribution in [0, 0.1) is 6.92 Å². The van der Waals surface area contributed by atoms with Gasteiger partial charge in [-0.2, -0.15) is 4.31 Å². The molecule has 1 aromatic carbocycles. The van der Waals surface area contributed by atoms with Crippen molar-refractivity contribution in [3.8, 4) is 0 Å². The Balaban J connectivity index is 0.00000338. The highest BCUT2D eigenvalue weighted by molar-refractivity contribution is 7.90. The first-order valence-corrected chi connectivity index (χ1v) is 11.3. The SMILES string of the molecule is Cc1ccc(S(=O)(=O)NC(C)(C)CN)cc1S(=O)(=O)N1CCCCC1.Cl. The maximum atomic E-state index is 12.9. The van der Waals surface area contributed by atoms with Gasteiger partial charge < -0.3 is 5.73 Å². The first kappa shape index (κ1) is 23.3. The lowest BCUT2D eigenvalue weighted by Gasteiger charge is -2.27. The summed E-state index contributed by atoms with van der Waals surface area (Å²) in [5, 5.41) is 0. The maximum Gasteiger partial charge on any atom is 0.243 e. The molecule has 1 aliphatic heterocycles. The molecule has 0 bridgehead atoms. The number of sulfonamides is 2. The largest absolute Gasteiger partial charge is 0.329 e. The van der Waals surface area contributed by atoms with Crippen LogP contribution in [0.5, 0.6) is 0 Å². The molecule has 1 heterocycles. The predicted octanol–water partition coefficient (Wildman–Crippen LogP) is 1.61. The molecular formula is C16H28ClN3O4S2. The van der Waals surface area contributed by atoms with Crippen molar-refractivity contribution in [1.82, 2.24) is 9.03 Å². The quantitative estimate of drug-likeness (QED) is 0.719. The fourth-order valence-electron chi connectivity index (χ4n) is 2.73. The standard InChI is InChI=1S/C16H27N3O4S2.ClH/c1-13-7-8-14(24(20,21)18-16(2,3)12-17)11-15(13)25(22,23)19-9-5-4-6-10-19;/h7-8,11,18H,4-6,9-10,12,17H2,1-3H3;1H. The second-order valence-corrected chi connectivity index (χ2v) is 10.7. The lowest BCUT2D eigenvalue weighted by molar-refractivity contribution is 0.346. The summed E-state index contributed by atoms with van der Waals surface area (Å²) in [7, 11) is -7.58. The van der Waals surface area contributed by atoms with Crippen LogP contribution in [0.25, 0.3) is 0 Å². The Hall–Kier alpha value is -0.710. The second-order valence-electron chi connectivity index (χ2n) is 7.09. The highest BCUT2D eigenvalue weighted by Gasteiger charge is 2.30. The Morgan fingerprint density at radius 2 is 1.69 bits per heavy atom. The number of rotatable bonds is 6. The van der Waals surface area contributed by atoms with E-state index in [9.17, 15) is 16.8 Å². The van der Waals surface area contributed by atoms with E-state index < -0.39 is 25.6 Å². The molecule has 0 atom stereocenters. The van der Waals surface area contributed by atoms with Gasteiger partial charge >= 0.3 is 0 Å². The summed E-state index contributed by atoms with van der Waals surface area (Å²) in [5.41, 5.74) is 5.29. The van der Waals surface area contributed by atoms with E-state index in [4.69, 9.17) is 5.73 Å². The van der Waals surface area contributed by atoms with Gasteiger partial charge in [0, 0.05) is 25.2 Å². The average Bonchev–Trinajstić information content (AvgIpc) is 2.54. The molecule has 0 saturated carbocycles. The van der Waals surface area contributed by atoms with Crippen molar-refractivity contribution in [2.75, 3.05) is 19.6 Å². The summed E-state index contributed by atoms with van der Waals surface area (Å²) >= 11 is 0. The van der Waals surface area contributed by atoms with Crippen molar-refractivity contribution in [2.45, 2.75) is 55.4 Å². The molecule has 150 valence electrons. The number of nitrogens with two attached hydrogens (primary N) is 1. The zero-order valence-corrected chi connectivity index (χ0v) is 17.8. The number of piperidine rings is 1. The van der Waals surface area contributed by atoms with Crippen molar-refractivity contribution in [3.63, 3.8) is 0 Å². The minimum Gasteiger partial charge on any atom is -0.329 e. The molecule has 26 heavy (non-hydrogen) atoms. The highest BCUT2D eigenvalue weighted by atomic mass is 35.5. The molecule has 0 radical (unpaired) electrons. The molecule has 1 aliphatic rings. The summed E-state index contributed by atoms with van der Waals surface area (Å²) < 4.78 is 55.0. The number of nitrogens with one attached hydrogen (secondary N) is 1. The third-order valence-corrected chi connectivity index (χ3v) is 8.06. The molecule has 1 fully saturated rings. The minimum atomic E-state index is -3.87. The number of hydrogen-bond acceptors (Lipinski definition) is 5. The van der Waals surface area contributed by atoms with E-state index in [1.54, 1.807) is 20.8 Å². The van der Waals surface area contributed by atoms with Crippen LogP contribution in [0.4, 0.5) is 0 Å². The van der Waals surface area contributed by atoms with E-state index in [-0.39, 0.29) is 28.7 Å². The van der Waals surface area contributed by atoms with E-state index in [0.29, 0.717) is 18.7 Å². The van der Waals surface area contributed by atoms with Crippen LogP contribution in [-0.4, -0.2) is 46.3 Å². The number of benzene rings is 1. The fraction of sp³-hybridized carbons (Fsp3) is 0.625. The lowest BCUT2D eigenvalue weighted by Crippen LogP contribution is -2.48. The molecule has 1 saturated heterocycles. The topological polar surface area (TPSA) is 110 Å². The summed E-state index contributed by atoms with van der Waals surface area (Å²) in [6, 6.07) is 4.19. The lowest BCUT2D eigenvalue weighted by atomic mass is 10.1. The monoisotopic (exact) mass is 425 g/mol. The number of aryl methyl sites for hydroxylation is 1. The molecule has 2 rings (SSSR count). The predicted molar refractivity (Wildman–Crippen MR) is 104 cm³/mol. The summed E-state index contributed by atoms with van der Waals surface area (Å²) in [6.45, 7) is 6.07. The molecule has 0 aromatic heterocycles. The van der Waals surface area contributed by atoms with Crippen LogP contribution in [-0.2, 0) is 20.0 Å². The molecule has 0 amide bonds. The van der Waals surface area contributed by atoms with Crippen LogP contribution in [0.1, 0.15) is 38.7 Å². The normalized spacial score (nSPS) is 16.9. The van der Waals surface area contributed by atoms with E-state index in [0.717, 1.165) is 19.3 Å². The number of nitrogens with zero attached hydrogens (tertiary/aromatic N) is 1. The van der Waals surface area contributed by atoms with Gasteiger partial charge in [-0.3, -0.25) is 0 Å². The summed E-state index contributed by atoms with van der Waals surface area (Å²) in [6.07, 6.45) is 2.66. The Labute approximate surface area is 162 Å². The molecule has 3 N–H and O–H groups in total. The molecule has 7 nitrogen and oxygen atoms in total. The molecular weight excluding hydrogens is 398 g/mol. The number of hydrogen-bond donors (Lipinski definition) is 2. The van der Waals surface area contributed by atoms with Crippen LogP contribution in [0.2, 0.25) is 0 Å². The van der Waals surface area contributed by atoms with Gasteiger partial charge in [-0.1, -0.05) is 12.5 Å². The summed E-state index contributed by atoms with van der Waals surface area (Å²) in [5.74, 6) is 0. The smallest absolute Gasteiger partial charge is 0.243 e. The van der Waals surface area contributed by atoms with Gasteiger partial charge in [0.25, 0.3) is 0 Å². The van der Waals surface area contributed by atoms with Crippen molar-refractivity contribution in [2.24, 2.45) is 5.73 Å². The molecule has 0 unspecified atom stereocenters. The Morgan fingerprint density at radius 1 is 1.12 bits per heavy atom.